The third kappa shape index (κ3) is 2.57. The molecule has 24 heavy (non-hydrogen) atoms. The molecule has 1 amide bonds. The van der Waals surface area contributed by atoms with Crippen LogP contribution in [0.5, 0.6) is 0 Å². The number of nitrogens with zero attached hydrogens (tertiary/aromatic N) is 1. The van der Waals surface area contributed by atoms with Crippen molar-refractivity contribution in [3.05, 3.63) is 65.9 Å². The molecule has 0 unspecified atom stereocenters. The lowest BCUT2D eigenvalue weighted by atomic mass is 10.1. The van der Waals surface area contributed by atoms with Crippen molar-refractivity contribution in [1.29, 1.82) is 0 Å². The number of hydrogen-bond donors (Lipinski definition) is 2. The standard InChI is InChI=1S/C19H17N3OS/c1-12-6-8-15(9-7-12)22-18(23)17(21-19(22)24)11-14-10-13-4-2-3-5-16(13)20-14/h2-10,17,20H,11H2,1H3,(H,21,24)/t17-/m1/s1. The second kappa shape index (κ2) is 5.76. The summed E-state index contributed by atoms with van der Waals surface area (Å²) < 4.78 is 0. The highest BCUT2D eigenvalue weighted by molar-refractivity contribution is 7.80. The number of aryl methyl sites for hydroxylation is 1. The van der Waals surface area contributed by atoms with E-state index in [0.717, 1.165) is 27.8 Å². The summed E-state index contributed by atoms with van der Waals surface area (Å²) in [5, 5.41) is 4.76. The van der Waals surface area contributed by atoms with Crippen molar-refractivity contribution in [2.75, 3.05) is 4.90 Å². The number of amides is 1. The average molecular weight is 335 g/mol. The molecule has 1 atom stereocenters. The van der Waals surface area contributed by atoms with Crippen LogP contribution in [0, 0.1) is 6.92 Å². The van der Waals surface area contributed by atoms with E-state index in [4.69, 9.17) is 12.2 Å². The number of benzene rings is 2. The number of hydrogen-bond acceptors (Lipinski definition) is 2. The molecule has 1 aromatic heterocycles. The van der Waals surface area contributed by atoms with Crippen molar-refractivity contribution in [2.45, 2.75) is 19.4 Å². The molecule has 3 aromatic rings. The molecule has 4 rings (SSSR count). The molecule has 120 valence electrons. The average Bonchev–Trinajstić information content (AvgIpc) is 3.09. The van der Waals surface area contributed by atoms with E-state index in [-0.39, 0.29) is 11.9 Å². The zero-order valence-corrected chi connectivity index (χ0v) is 14.1. The highest BCUT2D eigenvalue weighted by atomic mass is 32.1. The number of fused-ring (bicyclic) bond motifs is 1. The molecule has 1 saturated heterocycles. The Balaban J connectivity index is 1.57. The number of thiocarbonyl (C=S) groups is 1. The third-order valence-corrected chi connectivity index (χ3v) is 4.62. The maximum Gasteiger partial charge on any atom is 0.256 e. The fourth-order valence-electron chi connectivity index (χ4n) is 3.07. The van der Waals surface area contributed by atoms with Crippen molar-refractivity contribution in [3.63, 3.8) is 0 Å². The number of para-hydroxylation sites is 1. The van der Waals surface area contributed by atoms with Gasteiger partial charge in [0.15, 0.2) is 5.11 Å². The zero-order chi connectivity index (χ0) is 16.7. The Bertz CT molecular complexity index is 896. The molecule has 2 aromatic carbocycles. The topological polar surface area (TPSA) is 48.1 Å². The summed E-state index contributed by atoms with van der Waals surface area (Å²) in [7, 11) is 0. The Labute approximate surface area is 145 Å². The minimum absolute atomic E-state index is 0.0116. The van der Waals surface area contributed by atoms with Gasteiger partial charge in [-0.05, 0) is 48.8 Å². The van der Waals surface area contributed by atoms with Crippen molar-refractivity contribution in [2.24, 2.45) is 0 Å². The van der Waals surface area contributed by atoms with E-state index >= 15 is 0 Å². The SMILES string of the molecule is Cc1ccc(N2C(=O)[C@@H](Cc3cc4ccccc4[nH]3)NC2=S)cc1. The van der Waals surface area contributed by atoms with Gasteiger partial charge >= 0.3 is 0 Å². The molecule has 2 heterocycles. The molecular weight excluding hydrogens is 318 g/mol. The molecule has 1 aliphatic rings. The van der Waals surface area contributed by atoms with E-state index in [2.05, 4.69) is 22.4 Å². The smallest absolute Gasteiger partial charge is 0.256 e. The molecular formula is C19H17N3OS. The Hall–Kier alpha value is -2.66. The number of rotatable bonds is 3. The molecule has 0 bridgehead atoms. The van der Waals surface area contributed by atoms with E-state index in [0.29, 0.717) is 11.5 Å². The first kappa shape index (κ1) is 14.9. The number of nitrogens with one attached hydrogen (secondary N) is 2. The van der Waals surface area contributed by atoms with Gasteiger partial charge in [0.1, 0.15) is 6.04 Å². The number of carbonyl (C=O) groups is 1. The van der Waals surface area contributed by atoms with Crippen LogP contribution in [0.25, 0.3) is 10.9 Å². The molecule has 1 fully saturated rings. The monoisotopic (exact) mass is 335 g/mol. The fraction of sp³-hybridized carbons (Fsp3) is 0.158. The van der Waals surface area contributed by atoms with Crippen molar-refractivity contribution in [3.8, 4) is 0 Å². The third-order valence-electron chi connectivity index (χ3n) is 4.32. The zero-order valence-electron chi connectivity index (χ0n) is 13.2. The number of carbonyl (C=O) groups excluding carboxylic acids is 1. The van der Waals surface area contributed by atoms with Gasteiger partial charge in [0.05, 0.1) is 5.69 Å². The predicted molar refractivity (Wildman–Crippen MR) is 100 cm³/mol. The van der Waals surface area contributed by atoms with E-state index in [9.17, 15) is 4.79 Å². The van der Waals surface area contributed by atoms with E-state index in [1.54, 1.807) is 4.90 Å². The number of aromatic amines is 1. The molecule has 0 radical (unpaired) electrons. The molecule has 1 aliphatic heterocycles. The van der Waals surface area contributed by atoms with Crippen molar-refractivity contribution < 1.29 is 4.79 Å². The Kier molecular flexibility index (Phi) is 3.58. The van der Waals surface area contributed by atoms with Gasteiger partial charge in [0.2, 0.25) is 0 Å². The summed E-state index contributed by atoms with van der Waals surface area (Å²) in [5.41, 5.74) is 4.06. The largest absolute Gasteiger partial charge is 0.358 e. The lowest BCUT2D eigenvalue weighted by Gasteiger charge is -2.15. The summed E-state index contributed by atoms with van der Waals surface area (Å²) >= 11 is 5.37. The van der Waals surface area contributed by atoms with Crippen LogP contribution in [0.2, 0.25) is 0 Å². The van der Waals surface area contributed by atoms with Gasteiger partial charge < -0.3 is 10.3 Å². The normalized spacial score (nSPS) is 17.5. The Morgan fingerprint density at radius 3 is 2.62 bits per heavy atom. The first-order valence-electron chi connectivity index (χ1n) is 7.89. The van der Waals surface area contributed by atoms with Gasteiger partial charge in [-0.25, -0.2) is 0 Å². The number of aromatic nitrogens is 1. The number of H-pyrrole nitrogens is 1. The second-order valence-electron chi connectivity index (χ2n) is 6.10. The van der Waals surface area contributed by atoms with Crippen LogP contribution in [0.15, 0.2) is 54.6 Å². The van der Waals surface area contributed by atoms with E-state index < -0.39 is 0 Å². The van der Waals surface area contributed by atoms with Gasteiger partial charge in [0, 0.05) is 17.6 Å². The maximum atomic E-state index is 12.8. The fourth-order valence-corrected chi connectivity index (χ4v) is 3.41. The lowest BCUT2D eigenvalue weighted by molar-refractivity contribution is -0.118. The molecule has 2 N–H and O–H groups in total. The Morgan fingerprint density at radius 2 is 1.88 bits per heavy atom. The lowest BCUT2D eigenvalue weighted by Crippen LogP contribution is -2.32. The first-order chi connectivity index (χ1) is 11.6. The minimum atomic E-state index is -0.341. The van der Waals surface area contributed by atoms with Crippen molar-refractivity contribution >= 4 is 39.8 Å². The summed E-state index contributed by atoms with van der Waals surface area (Å²) in [6.45, 7) is 2.02. The highest BCUT2D eigenvalue weighted by Crippen LogP contribution is 2.23. The summed E-state index contributed by atoms with van der Waals surface area (Å²) in [4.78, 5) is 17.7. The van der Waals surface area contributed by atoms with Crippen LogP contribution in [0.3, 0.4) is 0 Å². The highest BCUT2D eigenvalue weighted by Gasteiger charge is 2.36. The summed E-state index contributed by atoms with van der Waals surface area (Å²) in [6.07, 6.45) is 0.579. The van der Waals surface area contributed by atoms with E-state index in [1.165, 1.54) is 0 Å². The summed E-state index contributed by atoms with van der Waals surface area (Å²) in [5.74, 6) is -0.0116. The van der Waals surface area contributed by atoms with Gasteiger partial charge in [-0.2, -0.15) is 0 Å². The first-order valence-corrected chi connectivity index (χ1v) is 8.30. The maximum absolute atomic E-state index is 12.8. The second-order valence-corrected chi connectivity index (χ2v) is 6.48. The van der Waals surface area contributed by atoms with Crippen LogP contribution >= 0.6 is 12.2 Å². The van der Waals surface area contributed by atoms with Gasteiger partial charge in [-0.3, -0.25) is 9.69 Å². The molecule has 0 spiro atoms. The molecule has 5 heteroatoms. The van der Waals surface area contributed by atoms with Gasteiger partial charge in [-0.1, -0.05) is 35.9 Å². The number of anilines is 1. The minimum Gasteiger partial charge on any atom is -0.358 e. The van der Waals surface area contributed by atoms with Gasteiger partial charge in [0.25, 0.3) is 5.91 Å². The van der Waals surface area contributed by atoms with Crippen molar-refractivity contribution in [1.82, 2.24) is 10.3 Å². The van der Waals surface area contributed by atoms with Crippen LogP contribution in [0.1, 0.15) is 11.3 Å². The van der Waals surface area contributed by atoms with Gasteiger partial charge in [-0.15, -0.1) is 0 Å². The quantitative estimate of drug-likeness (QED) is 0.722. The van der Waals surface area contributed by atoms with Crippen LogP contribution in [-0.2, 0) is 11.2 Å². The molecule has 4 nitrogen and oxygen atoms in total. The molecule has 0 saturated carbocycles. The van der Waals surface area contributed by atoms with Crippen LogP contribution in [-0.4, -0.2) is 22.0 Å². The summed E-state index contributed by atoms with van der Waals surface area (Å²) in [6, 6.07) is 17.7. The predicted octanol–water partition coefficient (Wildman–Crippen LogP) is 3.31. The van der Waals surface area contributed by atoms with Crippen LogP contribution < -0.4 is 10.2 Å². The molecule has 0 aliphatic carbocycles. The van der Waals surface area contributed by atoms with Crippen LogP contribution in [0.4, 0.5) is 5.69 Å². The van der Waals surface area contributed by atoms with E-state index in [1.807, 2.05) is 49.4 Å². The Morgan fingerprint density at radius 1 is 1.12 bits per heavy atom.